The van der Waals surface area contributed by atoms with Crippen molar-refractivity contribution >= 4 is 57.3 Å². The van der Waals surface area contributed by atoms with Crippen molar-refractivity contribution in [3.05, 3.63) is 182 Å². The zero-order valence-corrected chi connectivity index (χ0v) is 39.6. The Morgan fingerprint density at radius 2 is 1.23 bits per heavy atom. The Balaban J connectivity index is 0.882. The van der Waals surface area contributed by atoms with E-state index in [9.17, 15) is 49.2 Å². The Morgan fingerprint density at radius 3 is 1.85 bits per heavy atom. The van der Waals surface area contributed by atoms with Crippen molar-refractivity contribution in [1.82, 2.24) is 10.6 Å². The van der Waals surface area contributed by atoms with Gasteiger partial charge in [-0.05, 0) is 115 Å². The highest BCUT2D eigenvalue weighted by atomic mass is 16.4. The predicted octanol–water partition coefficient (Wildman–Crippen LogP) is 8.74. The van der Waals surface area contributed by atoms with Gasteiger partial charge in [0, 0.05) is 99.2 Å². The minimum absolute atomic E-state index is 0.0496. The first kappa shape index (κ1) is 49.0. The van der Waals surface area contributed by atoms with Crippen LogP contribution in [0.3, 0.4) is 0 Å². The molecule has 0 saturated heterocycles. The molecule has 0 spiro atoms. The van der Waals surface area contributed by atoms with E-state index < -0.39 is 35.8 Å². The first-order valence-corrected chi connectivity index (χ1v) is 23.3. The number of benzene rings is 7. The van der Waals surface area contributed by atoms with Gasteiger partial charge in [-0.2, -0.15) is 0 Å². The summed E-state index contributed by atoms with van der Waals surface area (Å²) in [6.45, 7) is 4.99. The van der Waals surface area contributed by atoms with Crippen LogP contribution in [0.4, 0.5) is 5.69 Å². The first-order valence-electron chi connectivity index (χ1n) is 23.3. The Hall–Kier alpha value is -10.0. The van der Waals surface area contributed by atoms with Crippen molar-refractivity contribution in [3.63, 3.8) is 0 Å². The first-order chi connectivity index (χ1) is 35.7. The topological polar surface area (TPSA) is 258 Å². The van der Waals surface area contributed by atoms with Crippen molar-refractivity contribution in [2.24, 2.45) is 4.99 Å². The second-order valence-corrected chi connectivity index (χ2v) is 17.1. The maximum Gasteiger partial charge on any atom is 0.336 e. The van der Waals surface area contributed by atoms with Crippen LogP contribution in [0, 0.1) is 11.8 Å². The summed E-state index contributed by atoms with van der Waals surface area (Å²) >= 11 is 0. The number of carboxylic acid groups (broad SMARTS) is 3. The lowest BCUT2D eigenvalue weighted by Gasteiger charge is -2.19. The molecule has 2 aliphatic carbocycles. The van der Waals surface area contributed by atoms with Crippen LogP contribution in [0.5, 0.6) is 5.75 Å². The van der Waals surface area contributed by atoms with Crippen LogP contribution in [-0.2, 0) is 11.2 Å². The molecule has 0 saturated carbocycles. The van der Waals surface area contributed by atoms with Crippen LogP contribution in [0.25, 0.3) is 66.8 Å². The number of hydrogen-bond donors (Lipinski definition) is 7. The maximum atomic E-state index is 13.7. The standard InChI is InChI=1S/C58H44N4O12/c1-3-59-35-13-19-41-48(27-35)73-49-28-36(60-4-2)14-20-42(49)52(41)40-18-12-34(26-46(40)57(69)70)55(66)62-47(58(71)72)24-32-9-7-31(8-10-32)6-5-23-61-54(65)33-11-17-39(45(25-33)56(67)68)53-43-21-15-37(63)29-50(43)74-51-30-38(64)16-22-44(51)53/h7-22,25-30,47,59,63H,3-4,23-24H2,1-2H3,(H,61,65)(H,62,66)(H,67,68)(H,69,70)(H,71,72)/t47-/m0/s1. The summed E-state index contributed by atoms with van der Waals surface area (Å²) in [6.07, 6.45) is -0.116. The maximum absolute atomic E-state index is 13.7. The fourth-order valence-corrected chi connectivity index (χ4v) is 8.85. The second-order valence-electron chi connectivity index (χ2n) is 17.1. The van der Waals surface area contributed by atoms with E-state index in [4.69, 9.17) is 8.83 Å². The molecule has 0 unspecified atom stereocenters. The van der Waals surface area contributed by atoms with Crippen LogP contribution < -0.4 is 26.7 Å². The molecule has 7 N–H and O–H groups in total. The summed E-state index contributed by atoms with van der Waals surface area (Å²) in [6, 6.07) is 33.1. The molecule has 2 amide bonds. The van der Waals surface area contributed by atoms with Crippen molar-refractivity contribution < 1.29 is 53.2 Å². The molecule has 0 bridgehead atoms. The van der Waals surface area contributed by atoms with Crippen molar-refractivity contribution in [1.29, 1.82) is 0 Å². The van der Waals surface area contributed by atoms with E-state index in [0.717, 1.165) is 5.69 Å². The fourth-order valence-electron chi connectivity index (χ4n) is 8.85. The third-order valence-electron chi connectivity index (χ3n) is 12.2. The van der Waals surface area contributed by atoms with Crippen LogP contribution in [-0.4, -0.2) is 75.8 Å². The van der Waals surface area contributed by atoms with Gasteiger partial charge < -0.3 is 45.2 Å². The average Bonchev–Trinajstić information content (AvgIpc) is 3.38. The quantitative estimate of drug-likeness (QED) is 0.0398. The molecule has 74 heavy (non-hydrogen) atoms. The van der Waals surface area contributed by atoms with Crippen LogP contribution in [0.15, 0.2) is 152 Å². The number of amides is 2. The highest BCUT2D eigenvalue weighted by Crippen LogP contribution is 2.44. The number of carbonyl (C=O) groups excluding carboxylic acids is 2. The molecule has 16 heteroatoms. The Morgan fingerprint density at radius 1 is 0.635 bits per heavy atom. The van der Waals surface area contributed by atoms with Gasteiger partial charge in [-0.25, -0.2) is 14.4 Å². The van der Waals surface area contributed by atoms with Gasteiger partial charge in [0.1, 0.15) is 34.5 Å². The van der Waals surface area contributed by atoms with Crippen molar-refractivity contribution in [2.75, 3.05) is 25.0 Å². The van der Waals surface area contributed by atoms with Crippen LogP contribution in [0.2, 0.25) is 0 Å². The third kappa shape index (κ3) is 10.1. The molecule has 0 aromatic heterocycles. The molecule has 368 valence electrons. The number of fused-ring (bicyclic) bond motifs is 4. The molecule has 5 aromatic rings. The minimum atomic E-state index is -1.39. The molecule has 5 aromatic carbocycles. The van der Waals surface area contributed by atoms with Gasteiger partial charge in [-0.3, -0.25) is 19.4 Å². The summed E-state index contributed by atoms with van der Waals surface area (Å²) < 4.78 is 12.2. The zero-order chi connectivity index (χ0) is 52.2. The van der Waals surface area contributed by atoms with Crippen molar-refractivity contribution in [3.8, 4) is 62.5 Å². The number of aliphatic carboxylic acids is 1. The normalized spacial score (nSPS) is 11.8. The number of rotatable bonds is 14. The summed E-state index contributed by atoms with van der Waals surface area (Å²) in [5, 5.41) is 51.4. The van der Waals surface area contributed by atoms with Gasteiger partial charge in [0.25, 0.3) is 11.8 Å². The lowest BCUT2D eigenvalue weighted by atomic mass is 9.89. The number of nitrogens with one attached hydrogen (secondary N) is 3. The van der Waals surface area contributed by atoms with E-state index in [1.54, 1.807) is 36.4 Å². The van der Waals surface area contributed by atoms with E-state index in [0.29, 0.717) is 79.5 Å². The highest BCUT2D eigenvalue weighted by molar-refractivity contribution is 6.11. The lowest BCUT2D eigenvalue weighted by molar-refractivity contribution is -0.139. The van der Waals surface area contributed by atoms with E-state index >= 15 is 0 Å². The summed E-state index contributed by atoms with van der Waals surface area (Å²) in [4.78, 5) is 81.6. The Bertz CT molecular complexity index is 3880. The number of hydrogen-bond acceptors (Lipinski definition) is 11. The molecule has 2 heterocycles. The highest BCUT2D eigenvalue weighted by Gasteiger charge is 2.27. The van der Waals surface area contributed by atoms with Crippen LogP contribution >= 0.6 is 0 Å². The fraction of sp³-hybridized carbons (Fsp3) is 0.121. The molecule has 16 nitrogen and oxygen atoms in total. The number of phenolic OH excluding ortho intramolecular Hbond substituents is 1. The van der Waals surface area contributed by atoms with E-state index in [-0.39, 0.29) is 63.3 Å². The van der Waals surface area contributed by atoms with E-state index in [1.165, 1.54) is 66.7 Å². The molecule has 0 fully saturated rings. The molecule has 1 atom stereocenters. The Labute approximate surface area is 421 Å². The monoisotopic (exact) mass is 988 g/mol. The van der Waals surface area contributed by atoms with Gasteiger partial charge in [0.2, 0.25) is 0 Å². The lowest BCUT2D eigenvalue weighted by Crippen LogP contribution is -2.42. The number of nitrogens with zero attached hydrogens (tertiary/aromatic N) is 1. The predicted molar refractivity (Wildman–Crippen MR) is 277 cm³/mol. The number of carbonyl (C=O) groups is 5. The number of anilines is 1. The van der Waals surface area contributed by atoms with Crippen LogP contribution in [0.1, 0.15) is 66.4 Å². The van der Waals surface area contributed by atoms with E-state index in [2.05, 4.69) is 32.8 Å². The van der Waals surface area contributed by atoms with Gasteiger partial charge >= 0.3 is 17.9 Å². The minimum Gasteiger partial charge on any atom is -0.508 e. The average molecular weight is 989 g/mol. The largest absolute Gasteiger partial charge is 0.508 e. The second kappa shape index (κ2) is 20.8. The third-order valence-corrected chi connectivity index (χ3v) is 12.2. The SMILES string of the molecule is CCN=c1ccc2c(-c3ccc(C(=O)N[C@@H](Cc4ccc(C#CCNC(=O)c5ccc(-c6c7ccc(=O)cc-7oc7cc(O)ccc67)c(C(=O)O)c5)cc4)C(=O)O)cc3C(=O)O)c3ccc(NCC)cc3oc-2c1. The van der Waals surface area contributed by atoms with Gasteiger partial charge in [0.05, 0.1) is 23.0 Å². The molecule has 4 aliphatic rings. The molecular formula is C58H44N4O12. The zero-order valence-electron chi connectivity index (χ0n) is 39.6. The van der Waals surface area contributed by atoms with Gasteiger partial charge in [-0.1, -0.05) is 36.1 Å². The summed E-state index contributed by atoms with van der Waals surface area (Å²) in [5.74, 6) is 1.05. The molecular weight excluding hydrogens is 945 g/mol. The molecule has 9 rings (SSSR count). The number of carboxylic acids is 3. The summed E-state index contributed by atoms with van der Waals surface area (Å²) in [5.41, 5.74) is 4.59. The van der Waals surface area contributed by atoms with Crippen molar-refractivity contribution in [2.45, 2.75) is 26.3 Å². The molecule has 0 radical (unpaired) electrons. The smallest absolute Gasteiger partial charge is 0.336 e. The Kier molecular flexibility index (Phi) is 13.7. The van der Waals surface area contributed by atoms with E-state index in [1.807, 2.05) is 44.2 Å². The molecule has 2 aliphatic heterocycles. The van der Waals surface area contributed by atoms with Gasteiger partial charge in [0.15, 0.2) is 5.43 Å². The van der Waals surface area contributed by atoms with Gasteiger partial charge in [-0.15, -0.1) is 0 Å². The number of phenols is 1. The number of aromatic hydroxyl groups is 1. The summed E-state index contributed by atoms with van der Waals surface area (Å²) in [7, 11) is 0. The number of aromatic carboxylic acids is 2.